The van der Waals surface area contributed by atoms with Gasteiger partial charge < -0.3 is 15.0 Å². The fourth-order valence-electron chi connectivity index (χ4n) is 4.15. The molecule has 0 unspecified atom stereocenters. The van der Waals surface area contributed by atoms with Gasteiger partial charge in [0.15, 0.2) is 5.65 Å². The Labute approximate surface area is 179 Å². The van der Waals surface area contributed by atoms with Crippen molar-refractivity contribution in [1.82, 2.24) is 24.8 Å². The number of nitrogens with zero attached hydrogens (tertiary/aromatic N) is 5. The molecule has 1 aliphatic rings. The molecule has 3 aromatic heterocycles. The van der Waals surface area contributed by atoms with Crippen molar-refractivity contribution in [1.29, 1.82) is 0 Å². The number of ether oxygens (including phenoxy) is 1. The third kappa shape index (κ3) is 3.38. The van der Waals surface area contributed by atoms with Crippen LogP contribution < -0.4 is 15.0 Å². The van der Waals surface area contributed by atoms with Gasteiger partial charge in [0.05, 0.1) is 30.6 Å². The van der Waals surface area contributed by atoms with Gasteiger partial charge >= 0.3 is 0 Å². The first-order chi connectivity index (χ1) is 15.2. The Hall–Kier alpha value is -3.52. The van der Waals surface area contributed by atoms with Crippen LogP contribution in [0.3, 0.4) is 0 Å². The van der Waals surface area contributed by atoms with Crippen molar-refractivity contribution < 1.29 is 9.13 Å². The van der Waals surface area contributed by atoms with Crippen LogP contribution in [0.25, 0.3) is 27.8 Å². The number of halogens is 1. The summed E-state index contributed by atoms with van der Waals surface area (Å²) in [6.07, 6.45) is 6.87. The zero-order chi connectivity index (χ0) is 21.4. The predicted octanol–water partition coefficient (Wildman–Crippen LogP) is 3.43. The third-order valence-corrected chi connectivity index (χ3v) is 5.71. The van der Waals surface area contributed by atoms with Gasteiger partial charge in [0.25, 0.3) is 0 Å². The number of fused-ring (bicyclic) bond motifs is 1. The molecule has 0 saturated carbocycles. The van der Waals surface area contributed by atoms with Gasteiger partial charge in [-0.05, 0) is 13.0 Å². The molecule has 5 rings (SSSR count). The summed E-state index contributed by atoms with van der Waals surface area (Å²) in [5.41, 5.74) is 2.74. The van der Waals surface area contributed by atoms with Crippen LogP contribution in [0.1, 0.15) is 6.92 Å². The van der Waals surface area contributed by atoms with Crippen LogP contribution in [0.15, 0.2) is 55.2 Å². The van der Waals surface area contributed by atoms with E-state index in [1.54, 1.807) is 38.0 Å². The SMILES string of the molecule is COc1cncc(-n2cc(-c3ccccc3F)c3c(N4CCNC[C@@H]4C)ncnc32)c1. The van der Waals surface area contributed by atoms with Gasteiger partial charge in [0, 0.05) is 49.1 Å². The van der Waals surface area contributed by atoms with Crippen LogP contribution in [0.2, 0.25) is 0 Å². The first-order valence-corrected chi connectivity index (χ1v) is 10.2. The number of aromatic nitrogens is 4. The summed E-state index contributed by atoms with van der Waals surface area (Å²) in [6.45, 7) is 4.70. The van der Waals surface area contributed by atoms with Crippen LogP contribution in [0.5, 0.6) is 5.75 Å². The second-order valence-electron chi connectivity index (χ2n) is 7.62. The lowest BCUT2D eigenvalue weighted by Gasteiger charge is -2.35. The second-order valence-corrected chi connectivity index (χ2v) is 7.62. The highest BCUT2D eigenvalue weighted by atomic mass is 19.1. The van der Waals surface area contributed by atoms with Gasteiger partial charge in [-0.3, -0.25) is 9.55 Å². The monoisotopic (exact) mass is 418 g/mol. The van der Waals surface area contributed by atoms with Gasteiger partial charge in [0.1, 0.15) is 23.7 Å². The van der Waals surface area contributed by atoms with Crippen molar-refractivity contribution in [3.8, 4) is 22.6 Å². The van der Waals surface area contributed by atoms with Gasteiger partial charge in [-0.25, -0.2) is 14.4 Å². The summed E-state index contributed by atoms with van der Waals surface area (Å²) < 4.78 is 22.1. The van der Waals surface area contributed by atoms with Crippen molar-refractivity contribution in [2.24, 2.45) is 0 Å². The minimum Gasteiger partial charge on any atom is -0.495 e. The number of methoxy groups -OCH3 is 1. The fraction of sp³-hybridized carbons (Fsp3) is 0.261. The Balaban J connectivity index is 1.80. The Bertz CT molecular complexity index is 1240. The largest absolute Gasteiger partial charge is 0.495 e. The van der Waals surface area contributed by atoms with Crippen LogP contribution in [0, 0.1) is 5.82 Å². The number of hydrogen-bond donors (Lipinski definition) is 1. The standard InChI is InChI=1S/C23H23FN6O/c1-15-10-25-7-8-29(15)22-21-19(18-5-3-4-6-20(18)24)13-30(23(21)28-14-27-22)16-9-17(31-2)12-26-11-16/h3-6,9,11-15,25H,7-8,10H2,1-2H3/t15-/m0/s1. The van der Waals surface area contributed by atoms with E-state index in [0.717, 1.165) is 42.1 Å². The molecule has 4 heterocycles. The number of nitrogens with one attached hydrogen (secondary N) is 1. The Kier molecular flexibility index (Phi) is 4.99. The molecule has 0 amide bonds. The molecule has 31 heavy (non-hydrogen) atoms. The number of hydrogen-bond acceptors (Lipinski definition) is 6. The first kappa shape index (κ1) is 19.4. The number of pyridine rings is 1. The molecule has 7 nitrogen and oxygen atoms in total. The Morgan fingerprint density at radius 1 is 1.16 bits per heavy atom. The first-order valence-electron chi connectivity index (χ1n) is 10.2. The maximum atomic E-state index is 14.9. The highest BCUT2D eigenvalue weighted by Crippen LogP contribution is 2.38. The van der Waals surface area contributed by atoms with E-state index >= 15 is 0 Å². The summed E-state index contributed by atoms with van der Waals surface area (Å²) in [5.74, 6) is 1.16. The molecule has 1 atom stereocenters. The van der Waals surface area contributed by atoms with Gasteiger partial charge in [-0.1, -0.05) is 18.2 Å². The Morgan fingerprint density at radius 2 is 2.03 bits per heavy atom. The second kappa shape index (κ2) is 7.96. The van der Waals surface area contributed by atoms with Crippen molar-refractivity contribution in [3.63, 3.8) is 0 Å². The zero-order valence-electron chi connectivity index (χ0n) is 17.4. The van der Waals surface area contributed by atoms with Crippen molar-refractivity contribution >= 4 is 16.9 Å². The van der Waals surface area contributed by atoms with E-state index in [1.165, 1.54) is 6.07 Å². The maximum absolute atomic E-state index is 14.9. The number of benzene rings is 1. The Morgan fingerprint density at radius 3 is 2.84 bits per heavy atom. The van der Waals surface area contributed by atoms with E-state index in [1.807, 2.05) is 22.9 Å². The smallest absolute Gasteiger partial charge is 0.150 e. The van der Waals surface area contributed by atoms with E-state index in [0.29, 0.717) is 17.0 Å². The van der Waals surface area contributed by atoms with Crippen LogP contribution in [0.4, 0.5) is 10.2 Å². The third-order valence-electron chi connectivity index (χ3n) is 5.71. The number of anilines is 1. The quantitative estimate of drug-likeness (QED) is 0.548. The maximum Gasteiger partial charge on any atom is 0.150 e. The van der Waals surface area contributed by atoms with Crippen LogP contribution in [-0.4, -0.2) is 52.3 Å². The highest BCUT2D eigenvalue weighted by Gasteiger charge is 2.26. The topological polar surface area (TPSA) is 68.1 Å². The summed E-state index contributed by atoms with van der Waals surface area (Å²) in [6, 6.07) is 8.93. The molecule has 4 aromatic rings. The number of piperazine rings is 1. The number of rotatable bonds is 4. The molecule has 0 radical (unpaired) electrons. The van der Waals surface area contributed by atoms with E-state index in [-0.39, 0.29) is 11.9 Å². The van der Waals surface area contributed by atoms with Crippen LogP contribution >= 0.6 is 0 Å². The van der Waals surface area contributed by atoms with E-state index in [4.69, 9.17) is 4.74 Å². The fourth-order valence-corrected chi connectivity index (χ4v) is 4.15. The molecule has 1 aliphatic heterocycles. The summed E-state index contributed by atoms with van der Waals surface area (Å²) in [4.78, 5) is 15.8. The average Bonchev–Trinajstić information content (AvgIpc) is 3.20. The summed E-state index contributed by atoms with van der Waals surface area (Å²) in [7, 11) is 1.60. The zero-order valence-corrected chi connectivity index (χ0v) is 17.4. The normalized spacial score (nSPS) is 16.6. The van der Waals surface area contributed by atoms with Crippen molar-refractivity contribution in [2.45, 2.75) is 13.0 Å². The predicted molar refractivity (Wildman–Crippen MR) is 118 cm³/mol. The lowest BCUT2D eigenvalue weighted by Crippen LogP contribution is -2.50. The summed E-state index contributed by atoms with van der Waals surface area (Å²) in [5, 5.41) is 4.23. The van der Waals surface area contributed by atoms with Gasteiger partial charge in [0.2, 0.25) is 0 Å². The molecule has 8 heteroatoms. The lowest BCUT2D eigenvalue weighted by atomic mass is 10.0. The molecule has 0 bridgehead atoms. The van der Waals surface area contributed by atoms with Crippen LogP contribution in [-0.2, 0) is 0 Å². The van der Waals surface area contributed by atoms with E-state index < -0.39 is 0 Å². The van der Waals surface area contributed by atoms with E-state index in [2.05, 4.69) is 32.1 Å². The lowest BCUT2D eigenvalue weighted by molar-refractivity contribution is 0.412. The molecule has 0 spiro atoms. The minimum absolute atomic E-state index is 0.252. The molecular formula is C23H23FN6O. The van der Waals surface area contributed by atoms with Crippen molar-refractivity contribution in [2.75, 3.05) is 31.6 Å². The molecule has 0 aliphatic carbocycles. The minimum atomic E-state index is -0.284. The molecule has 1 N–H and O–H groups in total. The molecule has 1 aromatic carbocycles. The molecule has 1 saturated heterocycles. The van der Waals surface area contributed by atoms with Crippen molar-refractivity contribution in [3.05, 3.63) is 61.1 Å². The molecule has 1 fully saturated rings. The highest BCUT2D eigenvalue weighted by molar-refractivity contribution is 6.02. The van der Waals surface area contributed by atoms with E-state index in [9.17, 15) is 4.39 Å². The molecular weight excluding hydrogens is 395 g/mol. The average molecular weight is 418 g/mol. The van der Waals surface area contributed by atoms with Gasteiger partial charge in [-0.2, -0.15) is 0 Å². The van der Waals surface area contributed by atoms with Gasteiger partial charge in [-0.15, -0.1) is 0 Å². The summed E-state index contributed by atoms with van der Waals surface area (Å²) >= 11 is 0. The molecule has 158 valence electrons.